The number of hydrogen-bond donors (Lipinski definition) is 2. The lowest BCUT2D eigenvalue weighted by Gasteiger charge is -2.27. The van der Waals surface area contributed by atoms with Crippen LogP contribution in [0.5, 0.6) is 5.75 Å². The second-order valence-electron chi connectivity index (χ2n) is 7.42. The smallest absolute Gasteiger partial charge is 0.253 e. The summed E-state index contributed by atoms with van der Waals surface area (Å²) in [6.07, 6.45) is 0.810. The van der Waals surface area contributed by atoms with Crippen LogP contribution in [0.15, 0.2) is 78.9 Å². The predicted octanol–water partition coefficient (Wildman–Crippen LogP) is 4.84. The molecule has 31 heavy (non-hydrogen) atoms. The molecule has 158 valence electrons. The van der Waals surface area contributed by atoms with E-state index in [1.807, 2.05) is 54.6 Å². The van der Waals surface area contributed by atoms with Crippen LogP contribution < -0.4 is 15.4 Å². The summed E-state index contributed by atoms with van der Waals surface area (Å²) < 4.78 is 5.68. The number of benzene rings is 3. The Bertz CT molecular complexity index is 1070. The van der Waals surface area contributed by atoms with Gasteiger partial charge in [-0.3, -0.25) is 9.59 Å². The summed E-state index contributed by atoms with van der Waals surface area (Å²) in [6, 6.07) is 23.4. The minimum Gasteiger partial charge on any atom is -0.493 e. The maximum Gasteiger partial charge on any atom is 0.253 e. The molecule has 1 heterocycles. The van der Waals surface area contributed by atoms with E-state index in [1.54, 1.807) is 24.3 Å². The van der Waals surface area contributed by atoms with Gasteiger partial charge in [0.15, 0.2) is 0 Å². The summed E-state index contributed by atoms with van der Waals surface area (Å²) in [5.74, 6) is 0.337. The van der Waals surface area contributed by atoms with Crippen molar-refractivity contribution in [3.63, 3.8) is 0 Å². The average molecular weight is 435 g/mol. The third kappa shape index (κ3) is 5.06. The number of carbonyl (C=O) groups is 2. The van der Waals surface area contributed by atoms with Crippen molar-refractivity contribution in [2.45, 2.75) is 24.9 Å². The van der Waals surface area contributed by atoms with Gasteiger partial charge in [-0.2, -0.15) is 0 Å². The molecule has 1 aliphatic heterocycles. The summed E-state index contributed by atoms with van der Waals surface area (Å²) in [5.41, 5.74) is 2.20. The minimum absolute atomic E-state index is 0.111. The zero-order valence-electron chi connectivity index (χ0n) is 16.9. The van der Waals surface area contributed by atoms with E-state index < -0.39 is 6.04 Å². The third-order valence-electron chi connectivity index (χ3n) is 5.31. The van der Waals surface area contributed by atoms with E-state index in [2.05, 4.69) is 10.6 Å². The number of fused-ring (bicyclic) bond motifs is 1. The molecule has 0 aromatic heterocycles. The van der Waals surface area contributed by atoms with Crippen LogP contribution in [0.1, 0.15) is 46.4 Å². The van der Waals surface area contributed by atoms with Crippen molar-refractivity contribution in [2.75, 3.05) is 6.61 Å². The molecule has 3 aromatic rings. The van der Waals surface area contributed by atoms with Crippen molar-refractivity contribution in [1.82, 2.24) is 10.6 Å². The lowest BCUT2D eigenvalue weighted by atomic mass is 9.99. The van der Waals surface area contributed by atoms with E-state index in [-0.39, 0.29) is 24.3 Å². The fourth-order valence-corrected chi connectivity index (χ4v) is 3.97. The Hall–Kier alpha value is -3.31. The topological polar surface area (TPSA) is 67.4 Å². The van der Waals surface area contributed by atoms with Gasteiger partial charge in [0, 0.05) is 12.0 Å². The van der Waals surface area contributed by atoms with E-state index in [9.17, 15) is 9.59 Å². The Balaban J connectivity index is 1.50. The summed E-state index contributed by atoms with van der Waals surface area (Å²) >= 11 is 6.18. The van der Waals surface area contributed by atoms with Gasteiger partial charge in [0.05, 0.1) is 35.7 Å². The first-order valence-corrected chi connectivity index (χ1v) is 10.6. The minimum atomic E-state index is -0.486. The largest absolute Gasteiger partial charge is 0.493 e. The van der Waals surface area contributed by atoms with Crippen molar-refractivity contribution in [2.24, 2.45) is 0 Å². The highest BCUT2D eigenvalue weighted by Crippen LogP contribution is 2.32. The number of carbonyl (C=O) groups excluding carboxylic acids is 2. The molecule has 0 fully saturated rings. The van der Waals surface area contributed by atoms with Crippen molar-refractivity contribution in [3.05, 3.63) is 101 Å². The fraction of sp³-hybridized carbons (Fsp3) is 0.200. The zero-order chi connectivity index (χ0) is 21.6. The van der Waals surface area contributed by atoms with E-state index in [4.69, 9.17) is 16.3 Å². The van der Waals surface area contributed by atoms with Crippen LogP contribution in [0.4, 0.5) is 0 Å². The number of hydrogen-bond acceptors (Lipinski definition) is 3. The summed E-state index contributed by atoms with van der Waals surface area (Å²) in [6.45, 7) is 0.549. The highest BCUT2D eigenvalue weighted by molar-refractivity contribution is 6.33. The molecule has 2 atom stereocenters. The highest BCUT2D eigenvalue weighted by Gasteiger charge is 2.25. The van der Waals surface area contributed by atoms with Crippen LogP contribution in [0.3, 0.4) is 0 Å². The van der Waals surface area contributed by atoms with E-state index in [0.717, 1.165) is 16.9 Å². The second kappa shape index (κ2) is 9.67. The summed E-state index contributed by atoms with van der Waals surface area (Å²) in [7, 11) is 0. The van der Waals surface area contributed by atoms with Gasteiger partial charge in [-0.25, -0.2) is 0 Å². The van der Waals surface area contributed by atoms with Crippen LogP contribution >= 0.6 is 11.6 Å². The van der Waals surface area contributed by atoms with Crippen LogP contribution in [0.25, 0.3) is 0 Å². The van der Waals surface area contributed by atoms with Crippen LogP contribution in [-0.2, 0) is 4.79 Å². The fourth-order valence-electron chi connectivity index (χ4n) is 3.75. The van der Waals surface area contributed by atoms with Crippen molar-refractivity contribution in [1.29, 1.82) is 0 Å². The third-order valence-corrected chi connectivity index (χ3v) is 5.64. The molecule has 5 nitrogen and oxygen atoms in total. The lowest BCUT2D eigenvalue weighted by molar-refractivity contribution is -0.122. The average Bonchev–Trinajstić information content (AvgIpc) is 2.80. The SMILES string of the molecule is O=C(C[C@H](NC(=O)c1ccccc1Cl)c1ccccc1)N[C@H]1CCOc2ccccc21. The molecular weight excluding hydrogens is 412 g/mol. The Morgan fingerprint density at radius 2 is 1.68 bits per heavy atom. The molecule has 2 N–H and O–H groups in total. The first-order chi connectivity index (χ1) is 15.1. The Morgan fingerprint density at radius 3 is 2.48 bits per heavy atom. The molecule has 0 saturated heterocycles. The van der Waals surface area contributed by atoms with Crippen LogP contribution in [-0.4, -0.2) is 18.4 Å². The van der Waals surface area contributed by atoms with Gasteiger partial charge in [0.1, 0.15) is 5.75 Å². The molecule has 4 rings (SSSR count). The number of halogens is 1. The maximum atomic E-state index is 13.0. The first kappa shape index (κ1) is 20.9. The molecule has 0 bridgehead atoms. The summed E-state index contributed by atoms with van der Waals surface area (Å²) in [4.78, 5) is 25.8. The van der Waals surface area contributed by atoms with Crippen molar-refractivity contribution >= 4 is 23.4 Å². The Morgan fingerprint density at radius 1 is 0.968 bits per heavy atom. The van der Waals surface area contributed by atoms with Gasteiger partial charge in [-0.05, 0) is 23.8 Å². The molecular formula is C25H23ClN2O3. The normalized spacial score (nSPS) is 15.8. The molecule has 0 radical (unpaired) electrons. The molecule has 6 heteroatoms. The molecule has 0 saturated carbocycles. The van der Waals surface area contributed by atoms with Gasteiger partial charge < -0.3 is 15.4 Å². The summed E-state index contributed by atoms with van der Waals surface area (Å²) in [5, 5.41) is 6.44. The molecule has 2 amide bonds. The van der Waals surface area contributed by atoms with Gasteiger partial charge >= 0.3 is 0 Å². The van der Waals surface area contributed by atoms with Crippen molar-refractivity contribution in [3.8, 4) is 5.75 Å². The number of ether oxygens (including phenoxy) is 1. The molecule has 1 aliphatic rings. The van der Waals surface area contributed by atoms with Crippen LogP contribution in [0.2, 0.25) is 5.02 Å². The van der Waals surface area contributed by atoms with E-state index >= 15 is 0 Å². The maximum absolute atomic E-state index is 13.0. The number of rotatable bonds is 6. The highest BCUT2D eigenvalue weighted by atomic mass is 35.5. The number of amides is 2. The van der Waals surface area contributed by atoms with E-state index in [1.165, 1.54) is 0 Å². The van der Waals surface area contributed by atoms with Gasteiger partial charge in [-0.1, -0.05) is 72.3 Å². The molecule has 3 aromatic carbocycles. The quantitative estimate of drug-likeness (QED) is 0.583. The standard InChI is InChI=1S/C25H23ClN2O3/c26-20-12-6-4-10-18(20)25(30)28-22(17-8-2-1-3-9-17)16-24(29)27-21-14-15-31-23-13-7-5-11-19(21)23/h1-13,21-22H,14-16H2,(H,27,29)(H,28,30)/t21-,22-/m0/s1. The second-order valence-corrected chi connectivity index (χ2v) is 7.82. The monoisotopic (exact) mass is 434 g/mol. The van der Waals surface area contributed by atoms with Gasteiger partial charge in [0.25, 0.3) is 5.91 Å². The molecule has 0 aliphatic carbocycles. The number of para-hydroxylation sites is 1. The van der Waals surface area contributed by atoms with Crippen LogP contribution in [0, 0.1) is 0 Å². The number of nitrogens with one attached hydrogen (secondary N) is 2. The van der Waals surface area contributed by atoms with E-state index in [0.29, 0.717) is 23.6 Å². The van der Waals surface area contributed by atoms with Gasteiger partial charge in [-0.15, -0.1) is 0 Å². The Kier molecular flexibility index (Phi) is 6.53. The van der Waals surface area contributed by atoms with Gasteiger partial charge in [0.2, 0.25) is 5.91 Å². The van der Waals surface area contributed by atoms with Crippen molar-refractivity contribution < 1.29 is 14.3 Å². The molecule has 0 unspecified atom stereocenters. The predicted molar refractivity (Wildman–Crippen MR) is 120 cm³/mol. The zero-order valence-corrected chi connectivity index (χ0v) is 17.6. The first-order valence-electron chi connectivity index (χ1n) is 10.2. The lowest BCUT2D eigenvalue weighted by Crippen LogP contribution is -2.36. The Labute approximate surface area is 186 Å². The molecule has 0 spiro atoms.